The van der Waals surface area contributed by atoms with Crippen molar-refractivity contribution in [2.75, 3.05) is 0 Å². The Bertz CT molecular complexity index is 426. The van der Waals surface area contributed by atoms with Crippen LogP contribution in [-0.2, 0) is 6.42 Å². The van der Waals surface area contributed by atoms with E-state index in [1.807, 2.05) is 6.92 Å². The molecule has 0 amide bonds. The second-order valence-electron chi connectivity index (χ2n) is 2.28. The SMILES string of the molecule is CCc1nnc(Sc2nsnc2Cl)s1. The summed E-state index contributed by atoms with van der Waals surface area (Å²) in [6.07, 6.45) is 0.904. The number of hydrogen-bond donors (Lipinski definition) is 0. The number of aryl methyl sites for hydroxylation is 1. The van der Waals surface area contributed by atoms with Gasteiger partial charge in [-0.25, -0.2) is 0 Å². The molecule has 0 radical (unpaired) electrons. The minimum absolute atomic E-state index is 0.438. The molecule has 4 nitrogen and oxygen atoms in total. The van der Waals surface area contributed by atoms with Crippen LogP contribution in [0.5, 0.6) is 0 Å². The molecule has 0 aromatic carbocycles. The second kappa shape index (κ2) is 4.52. The molecule has 0 aliphatic rings. The number of aromatic nitrogens is 4. The smallest absolute Gasteiger partial charge is 0.164 e. The fraction of sp³-hybridized carbons (Fsp3) is 0.333. The third-order valence-corrected chi connectivity index (χ3v) is 4.57. The number of rotatable bonds is 3. The highest BCUT2D eigenvalue weighted by molar-refractivity contribution is 8.01. The molecule has 2 rings (SSSR count). The molecule has 2 aromatic heterocycles. The van der Waals surface area contributed by atoms with Crippen LogP contribution < -0.4 is 0 Å². The average molecular weight is 265 g/mol. The predicted molar refractivity (Wildman–Crippen MR) is 58.3 cm³/mol. The van der Waals surface area contributed by atoms with Crippen molar-refractivity contribution in [3.8, 4) is 0 Å². The number of nitrogens with zero attached hydrogens (tertiary/aromatic N) is 4. The first-order chi connectivity index (χ1) is 6.79. The van der Waals surface area contributed by atoms with Crippen LogP contribution in [0.25, 0.3) is 0 Å². The fourth-order valence-corrected chi connectivity index (χ4v) is 3.28. The summed E-state index contributed by atoms with van der Waals surface area (Å²) in [4.78, 5) is 0. The Hall–Kier alpha value is -0.240. The normalized spacial score (nSPS) is 10.7. The van der Waals surface area contributed by atoms with Gasteiger partial charge in [0.1, 0.15) is 5.01 Å². The lowest BCUT2D eigenvalue weighted by Crippen LogP contribution is -1.75. The lowest BCUT2D eigenvalue weighted by molar-refractivity contribution is 0.943. The van der Waals surface area contributed by atoms with Crippen molar-refractivity contribution in [1.82, 2.24) is 18.9 Å². The topological polar surface area (TPSA) is 51.6 Å². The van der Waals surface area contributed by atoms with Crippen molar-refractivity contribution in [3.63, 3.8) is 0 Å². The van der Waals surface area contributed by atoms with E-state index in [-0.39, 0.29) is 0 Å². The minimum Gasteiger partial charge on any atom is -0.164 e. The van der Waals surface area contributed by atoms with E-state index in [1.165, 1.54) is 11.8 Å². The quantitative estimate of drug-likeness (QED) is 0.853. The summed E-state index contributed by atoms with van der Waals surface area (Å²) in [6, 6.07) is 0. The number of halogens is 1. The standard InChI is InChI=1S/C6H5ClN4S3/c1-2-3-8-9-6(12-3)13-5-4(7)10-14-11-5/h2H2,1H3. The second-order valence-corrected chi connectivity index (χ2v) is 5.46. The molecule has 0 saturated carbocycles. The summed E-state index contributed by atoms with van der Waals surface area (Å²) < 4.78 is 8.78. The van der Waals surface area contributed by atoms with E-state index in [0.29, 0.717) is 10.2 Å². The molecule has 8 heteroatoms. The van der Waals surface area contributed by atoms with E-state index in [1.54, 1.807) is 11.3 Å². The highest BCUT2D eigenvalue weighted by Gasteiger charge is 2.10. The van der Waals surface area contributed by atoms with Gasteiger partial charge in [-0.2, -0.15) is 8.75 Å². The Kier molecular flexibility index (Phi) is 3.32. The maximum absolute atomic E-state index is 5.80. The lowest BCUT2D eigenvalue weighted by Gasteiger charge is -1.88. The monoisotopic (exact) mass is 264 g/mol. The first kappa shape index (κ1) is 10.3. The highest BCUT2D eigenvalue weighted by Crippen LogP contribution is 2.33. The van der Waals surface area contributed by atoms with Crippen LogP contribution in [0.2, 0.25) is 5.15 Å². The van der Waals surface area contributed by atoms with E-state index in [9.17, 15) is 0 Å². The molecule has 14 heavy (non-hydrogen) atoms. The predicted octanol–water partition coefficient (Wildman–Crippen LogP) is 2.76. The van der Waals surface area contributed by atoms with Gasteiger partial charge in [-0.3, -0.25) is 0 Å². The summed E-state index contributed by atoms with van der Waals surface area (Å²) in [7, 11) is 0. The van der Waals surface area contributed by atoms with Crippen molar-refractivity contribution in [2.24, 2.45) is 0 Å². The molecule has 0 spiro atoms. The van der Waals surface area contributed by atoms with Crippen LogP contribution in [0.3, 0.4) is 0 Å². The van der Waals surface area contributed by atoms with Crippen molar-refractivity contribution in [2.45, 2.75) is 22.7 Å². The maximum atomic E-state index is 5.80. The van der Waals surface area contributed by atoms with Gasteiger partial charge in [0.15, 0.2) is 14.5 Å². The third-order valence-electron chi connectivity index (χ3n) is 1.36. The summed E-state index contributed by atoms with van der Waals surface area (Å²) in [6.45, 7) is 2.05. The molecule has 74 valence electrons. The first-order valence-electron chi connectivity index (χ1n) is 3.78. The van der Waals surface area contributed by atoms with Crippen molar-refractivity contribution in [3.05, 3.63) is 10.2 Å². The minimum atomic E-state index is 0.438. The molecule has 0 aliphatic heterocycles. The Balaban J connectivity index is 2.15. The van der Waals surface area contributed by atoms with Gasteiger partial charge in [0, 0.05) is 0 Å². The van der Waals surface area contributed by atoms with Gasteiger partial charge in [0.2, 0.25) is 0 Å². The molecule has 2 aromatic rings. The van der Waals surface area contributed by atoms with Crippen LogP contribution in [-0.4, -0.2) is 18.9 Å². The molecule has 0 unspecified atom stereocenters. The Morgan fingerprint density at radius 2 is 2.21 bits per heavy atom. The molecular weight excluding hydrogens is 260 g/mol. The van der Waals surface area contributed by atoms with E-state index >= 15 is 0 Å². The van der Waals surface area contributed by atoms with E-state index in [0.717, 1.165) is 27.5 Å². The highest BCUT2D eigenvalue weighted by atomic mass is 35.5. The van der Waals surface area contributed by atoms with E-state index in [2.05, 4.69) is 18.9 Å². The Labute approximate surface area is 98.1 Å². The van der Waals surface area contributed by atoms with Gasteiger partial charge in [-0.15, -0.1) is 10.2 Å². The molecule has 0 aliphatic carbocycles. The van der Waals surface area contributed by atoms with Crippen LogP contribution in [0, 0.1) is 0 Å². The molecule has 0 N–H and O–H groups in total. The summed E-state index contributed by atoms with van der Waals surface area (Å²) in [5.41, 5.74) is 0. The van der Waals surface area contributed by atoms with Gasteiger partial charge in [-0.1, -0.05) is 29.9 Å². The largest absolute Gasteiger partial charge is 0.180 e. The van der Waals surface area contributed by atoms with Crippen LogP contribution in [0.15, 0.2) is 9.37 Å². The van der Waals surface area contributed by atoms with Crippen molar-refractivity contribution in [1.29, 1.82) is 0 Å². The molecule has 0 fully saturated rings. The zero-order valence-electron chi connectivity index (χ0n) is 7.10. The number of hydrogen-bond acceptors (Lipinski definition) is 7. The van der Waals surface area contributed by atoms with Crippen LogP contribution in [0.1, 0.15) is 11.9 Å². The van der Waals surface area contributed by atoms with Crippen LogP contribution >= 0.6 is 46.4 Å². The summed E-state index contributed by atoms with van der Waals surface area (Å²) >= 11 is 9.87. The maximum Gasteiger partial charge on any atom is 0.180 e. The van der Waals surface area contributed by atoms with Gasteiger partial charge in [0.05, 0.1) is 11.7 Å². The fourth-order valence-electron chi connectivity index (χ4n) is 0.736. The summed E-state index contributed by atoms with van der Waals surface area (Å²) in [5.74, 6) is 0. The molecular formula is C6H5ClN4S3. The Morgan fingerprint density at radius 1 is 1.36 bits per heavy atom. The average Bonchev–Trinajstić information content (AvgIpc) is 2.77. The van der Waals surface area contributed by atoms with Gasteiger partial charge >= 0.3 is 0 Å². The zero-order chi connectivity index (χ0) is 9.97. The van der Waals surface area contributed by atoms with Crippen molar-refractivity contribution < 1.29 is 0 Å². The Morgan fingerprint density at radius 3 is 2.79 bits per heavy atom. The lowest BCUT2D eigenvalue weighted by atomic mass is 10.5. The van der Waals surface area contributed by atoms with Gasteiger partial charge < -0.3 is 0 Å². The van der Waals surface area contributed by atoms with E-state index < -0.39 is 0 Å². The first-order valence-corrected chi connectivity index (χ1v) is 6.52. The molecule has 0 saturated heterocycles. The molecule has 2 heterocycles. The zero-order valence-corrected chi connectivity index (χ0v) is 10.3. The molecule has 0 bridgehead atoms. The van der Waals surface area contributed by atoms with Gasteiger partial charge in [0.25, 0.3) is 0 Å². The van der Waals surface area contributed by atoms with E-state index in [4.69, 9.17) is 11.6 Å². The summed E-state index contributed by atoms with van der Waals surface area (Å²) in [5, 5.41) is 10.2. The van der Waals surface area contributed by atoms with Crippen molar-refractivity contribution >= 4 is 46.4 Å². The molecule has 0 atom stereocenters. The third kappa shape index (κ3) is 2.22. The van der Waals surface area contributed by atoms with Crippen LogP contribution in [0.4, 0.5) is 0 Å². The van der Waals surface area contributed by atoms with Gasteiger partial charge in [-0.05, 0) is 18.2 Å².